The molecule has 3 N–H and O–H groups in total. The molecule has 10 nitrogen and oxygen atoms in total. The van der Waals surface area contributed by atoms with Crippen LogP contribution in [0.25, 0.3) is 11.1 Å². The molecule has 0 unspecified atom stereocenters. The van der Waals surface area contributed by atoms with E-state index in [1.54, 1.807) is 45.6 Å². The van der Waals surface area contributed by atoms with Gasteiger partial charge in [-0.25, -0.2) is 9.59 Å². The Hall–Kier alpha value is -3.83. The number of rotatable bonds is 14. The number of aromatic carboxylic acids is 1. The van der Waals surface area contributed by atoms with Crippen LogP contribution >= 0.6 is 23.2 Å². The maximum Gasteiger partial charge on any atom is 0.335 e. The number of carbonyl (C=O) groups excluding carboxylic acids is 1. The van der Waals surface area contributed by atoms with Crippen molar-refractivity contribution in [1.29, 1.82) is 0 Å². The molecule has 41 heavy (non-hydrogen) atoms. The molecule has 3 aromatic carbocycles. The Morgan fingerprint density at radius 2 is 1.44 bits per heavy atom. The first-order valence-corrected chi connectivity index (χ1v) is 13.0. The molecule has 0 aliphatic carbocycles. The summed E-state index contributed by atoms with van der Waals surface area (Å²) in [4.78, 5) is 36.0. The van der Waals surface area contributed by atoms with Gasteiger partial charge in [-0.15, -0.1) is 0 Å². The van der Waals surface area contributed by atoms with Crippen LogP contribution in [0.1, 0.15) is 31.8 Å². The molecule has 12 heteroatoms. The van der Waals surface area contributed by atoms with Crippen LogP contribution in [0.4, 0.5) is 0 Å². The first-order chi connectivity index (χ1) is 19.6. The molecule has 0 radical (unpaired) electrons. The minimum atomic E-state index is -1.32. The average molecular weight is 606 g/mol. The van der Waals surface area contributed by atoms with E-state index in [2.05, 4.69) is 5.32 Å². The van der Waals surface area contributed by atoms with E-state index in [1.807, 2.05) is 12.1 Å². The van der Waals surface area contributed by atoms with E-state index in [4.69, 9.17) is 47.3 Å². The summed E-state index contributed by atoms with van der Waals surface area (Å²) in [6.45, 7) is 1.27. The molecule has 0 spiro atoms. The number of carboxylic acid groups (broad SMARTS) is 2. The minimum Gasteiger partial charge on any atom is -0.496 e. The SMILES string of the molecule is COCCOCc1cc(OC)c(-c2ccc(C[C@H](NC(=O)c3c(Cl)cc(C(=O)O)cc3Cl)C(=O)O)cc2)c(OC)c1. The van der Waals surface area contributed by atoms with Gasteiger partial charge in [-0.2, -0.15) is 0 Å². The number of aliphatic carboxylic acids is 1. The molecule has 0 saturated carbocycles. The minimum absolute atomic E-state index is 0.0458. The number of hydrogen-bond donors (Lipinski definition) is 3. The summed E-state index contributed by atoms with van der Waals surface area (Å²) >= 11 is 12.2. The van der Waals surface area contributed by atoms with Crippen molar-refractivity contribution in [3.05, 3.63) is 80.8 Å². The van der Waals surface area contributed by atoms with Gasteiger partial charge in [0.2, 0.25) is 0 Å². The first-order valence-electron chi connectivity index (χ1n) is 12.3. The second-order valence-corrected chi connectivity index (χ2v) is 9.62. The lowest BCUT2D eigenvalue weighted by molar-refractivity contribution is -0.139. The van der Waals surface area contributed by atoms with Gasteiger partial charge in [-0.3, -0.25) is 4.79 Å². The van der Waals surface area contributed by atoms with Gasteiger partial charge in [0.25, 0.3) is 5.91 Å². The van der Waals surface area contributed by atoms with E-state index in [0.717, 1.165) is 23.3 Å². The summed E-state index contributed by atoms with van der Waals surface area (Å²) < 4.78 is 21.8. The number of methoxy groups -OCH3 is 3. The fourth-order valence-electron chi connectivity index (χ4n) is 4.05. The molecular formula is C29H29Cl2NO9. The topological polar surface area (TPSA) is 141 Å². The Kier molecular flexibility index (Phi) is 11.4. The first kappa shape index (κ1) is 31.7. The largest absolute Gasteiger partial charge is 0.496 e. The predicted octanol–water partition coefficient (Wildman–Crippen LogP) is 4.96. The van der Waals surface area contributed by atoms with Crippen molar-refractivity contribution in [2.45, 2.75) is 19.1 Å². The van der Waals surface area contributed by atoms with Crippen molar-refractivity contribution in [3.8, 4) is 22.6 Å². The summed E-state index contributed by atoms with van der Waals surface area (Å²) in [5.74, 6) is -2.25. The zero-order chi connectivity index (χ0) is 30.1. The number of halogens is 2. The highest BCUT2D eigenvalue weighted by molar-refractivity contribution is 6.40. The lowest BCUT2D eigenvalue weighted by Gasteiger charge is -2.18. The number of carboxylic acids is 2. The summed E-state index contributed by atoms with van der Waals surface area (Å²) in [5, 5.41) is 20.9. The zero-order valence-corrected chi connectivity index (χ0v) is 24.0. The smallest absolute Gasteiger partial charge is 0.335 e. The molecule has 0 bridgehead atoms. The third kappa shape index (κ3) is 8.11. The molecule has 1 atom stereocenters. The van der Waals surface area contributed by atoms with Crippen molar-refractivity contribution in [2.24, 2.45) is 0 Å². The van der Waals surface area contributed by atoms with E-state index in [0.29, 0.717) is 42.4 Å². The highest BCUT2D eigenvalue weighted by Gasteiger charge is 2.25. The van der Waals surface area contributed by atoms with Gasteiger partial charge in [0.05, 0.1) is 60.8 Å². The fraction of sp³-hybridized carbons (Fsp3) is 0.276. The standard InChI is InChI=1S/C29H29Cl2NO9/c1-38-8-9-41-15-17-11-23(39-2)25(24(12-17)40-3)18-6-4-16(5-7-18)10-22(29(36)37)32-27(33)26-20(30)13-19(28(34)35)14-21(26)31/h4-7,11-14,22H,8-10,15H2,1-3H3,(H,32,33)(H,34,35)(H,36,37)/t22-/m0/s1. The van der Waals surface area contributed by atoms with Gasteiger partial charge in [0, 0.05) is 13.5 Å². The van der Waals surface area contributed by atoms with Crippen molar-refractivity contribution >= 4 is 41.0 Å². The van der Waals surface area contributed by atoms with E-state index >= 15 is 0 Å². The molecule has 1 amide bonds. The van der Waals surface area contributed by atoms with Crippen LogP contribution in [-0.4, -0.2) is 68.6 Å². The zero-order valence-electron chi connectivity index (χ0n) is 22.5. The summed E-state index contributed by atoms with van der Waals surface area (Å²) in [5.41, 5.74) is 2.53. The monoisotopic (exact) mass is 605 g/mol. The van der Waals surface area contributed by atoms with Crippen LogP contribution in [0.2, 0.25) is 10.0 Å². The summed E-state index contributed by atoms with van der Waals surface area (Å²) in [7, 11) is 4.70. The van der Waals surface area contributed by atoms with E-state index in [9.17, 15) is 19.5 Å². The Labute approximate surface area is 246 Å². The lowest BCUT2D eigenvalue weighted by atomic mass is 9.98. The third-order valence-corrected chi connectivity index (χ3v) is 6.66. The molecule has 0 aliphatic rings. The molecule has 218 valence electrons. The average Bonchev–Trinajstić information content (AvgIpc) is 2.94. The Morgan fingerprint density at radius 3 is 1.93 bits per heavy atom. The van der Waals surface area contributed by atoms with Crippen LogP contribution in [0.15, 0.2) is 48.5 Å². The maximum atomic E-state index is 12.8. The quantitative estimate of drug-likeness (QED) is 0.217. The van der Waals surface area contributed by atoms with Crippen LogP contribution in [-0.2, 0) is 27.3 Å². The Bertz CT molecular complexity index is 1360. The number of amides is 1. The number of nitrogens with one attached hydrogen (secondary N) is 1. The Morgan fingerprint density at radius 1 is 0.854 bits per heavy atom. The van der Waals surface area contributed by atoms with Crippen LogP contribution < -0.4 is 14.8 Å². The van der Waals surface area contributed by atoms with Crippen molar-refractivity contribution in [1.82, 2.24) is 5.32 Å². The number of ether oxygens (including phenoxy) is 4. The number of hydrogen-bond acceptors (Lipinski definition) is 7. The van der Waals surface area contributed by atoms with Gasteiger partial charge in [0.1, 0.15) is 17.5 Å². The number of carbonyl (C=O) groups is 3. The molecule has 3 rings (SSSR count). The van der Waals surface area contributed by atoms with E-state index in [1.165, 1.54) is 0 Å². The fourth-order valence-corrected chi connectivity index (χ4v) is 4.71. The van der Waals surface area contributed by atoms with Gasteiger partial charge in [-0.05, 0) is 41.0 Å². The highest BCUT2D eigenvalue weighted by Crippen LogP contribution is 2.40. The van der Waals surface area contributed by atoms with Crippen molar-refractivity contribution in [3.63, 3.8) is 0 Å². The van der Waals surface area contributed by atoms with E-state index in [-0.39, 0.29) is 27.6 Å². The molecule has 0 saturated heterocycles. The second kappa shape index (κ2) is 14.7. The van der Waals surface area contributed by atoms with Crippen molar-refractivity contribution < 1.29 is 43.5 Å². The van der Waals surface area contributed by atoms with Crippen LogP contribution in [0.3, 0.4) is 0 Å². The second-order valence-electron chi connectivity index (χ2n) is 8.81. The molecular weight excluding hydrogens is 577 g/mol. The molecule has 0 heterocycles. The van der Waals surface area contributed by atoms with Gasteiger partial charge in [-0.1, -0.05) is 47.5 Å². The molecule has 0 aliphatic heterocycles. The van der Waals surface area contributed by atoms with Crippen molar-refractivity contribution in [2.75, 3.05) is 34.5 Å². The van der Waals surface area contributed by atoms with Gasteiger partial charge in [0.15, 0.2) is 0 Å². The Balaban J connectivity index is 1.80. The van der Waals surface area contributed by atoms with Crippen LogP contribution in [0, 0.1) is 0 Å². The number of benzene rings is 3. The highest BCUT2D eigenvalue weighted by atomic mass is 35.5. The third-order valence-electron chi connectivity index (χ3n) is 6.07. The van der Waals surface area contributed by atoms with Gasteiger partial charge < -0.3 is 34.5 Å². The molecule has 0 fully saturated rings. The summed E-state index contributed by atoms with van der Waals surface area (Å²) in [6, 6.07) is 11.6. The van der Waals surface area contributed by atoms with Gasteiger partial charge >= 0.3 is 11.9 Å². The summed E-state index contributed by atoms with van der Waals surface area (Å²) in [6.07, 6.45) is -0.0458. The predicted molar refractivity (Wildman–Crippen MR) is 153 cm³/mol. The molecule has 3 aromatic rings. The molecule has 0 aromatic heterocycles. The van der Waals surface area contributed by atoms with Crippen LogP contribution in [0.5, 0.6) is 11.5 Å². The lowest BCUT2D eigenvalue weighted by Crippen LogP contribution is -2.42. The van der Waals surface area contributed by atoms with E-state index < -0.39 is 23.9 Å². The maximum absolute atomic E-state index is 12.8. The normalized spacial score (nSPS) is 11.5.